The zero-order valence-electron chi connectivity index (χ0n) is 8.08. The third-order valence-electron chi connectivity index (χ3n) is 2.54. The molecule has 0 bridgehead atoms. The van der Waals surface area contributed by atoms with Crippen molar-refractivity contribution in [1.82, 2.24) is 4.98 Å². The number of alkyl halides is 1. The van der Waals surface area contributed by atoms with Gasteiger partial charge in [-0.15, -0.1) is 11.6 Å². The molecular weight excluding hydrogens is 198 g/mol. The van der Waals surface area contributed by atoms with Gasteiger partial charge in [-0.2, -0.15) is 0 Å². The van der Waals surface area contributed by atoms with E-state index in [1.807, 2.05) is 12.1 Å². The summed E-state index contributed by atoms with van der Waals surface area (Å²) in [5.74, 6) is 1.33. The number of halogens is 1. The van der Waals surface area contributed by atoms with E-state index < -0.39 is 0 Å². The van der Waals surface area contributed by atoms with Crippen LogP contribution in [-0.2, 0) is 5.88 Å². The molecule has 1 heterocycles. The molecule has 0 radical (unpaired) electrons. The van der Waals surface area contributed by atoms with Gasteiger partial charge in [0, 0.05) is 0 Å². The van der Waals surface area contributed by atoms with Gasteiger partial charge in [-0.05, 0) is 37.8 Å². The maximum Gasteiger partial charge on any atom is 0.138 e. The molecule has 3 heteroatoms. The molecule has 0 aromatic carbocycles. The summed E-state index contributed by atoms with van der Waals surface area (Å²) in [6.07, 6.45) is 7.10. The second kappa shape index (κ2) is 4.65. The van der Waals surface area contributed by atoms with Crippen LogP contribution in [0.1, 0.15) is 31.4 Å². The van der Waals surface area contributed by atoms with Crippen LogP contribution in [0.5, 0.6) is 5.75 Å². The van der Waals surface area contributed by atoms with E-state index in [0.29, 0.717) is 12.0 Å². The molecule has 76 valence electrons. The Hall–Kier alpha value is -0.760. The summed E-state index contributed by atoms with van der Waals surface area (Å²) in [7, 11) is 0. The summed E-state index contributed by atoms with van der Waals surface area (Å²) in [5, 5.41) is 0. The Balaban J connectivity index is 1.95. The molecule has 0 unspecified atom stereocenters. The minimum atomic E-state index is 0.402. The Morgan fingerprint density at radius 1 is 1.36 bits per heavy atom. The van der Waals surface area contributed by atoms with E-state index in [1.165, 1.54) is 25.7 Å². The quantitative estimate of drug-likeness (QED) is 0.717. The van der Waals surface area contributed by atoms with Crippen molar-refractivity contribution in [2.45, 2.75) is 37.7 Å². The lowest BCUT2D eigenvalue weighted by molar-refractivity contribution is 0.209. The smallest absolute Gasteiger partial charge is 0.138 e. The lowest BCUT2D eigenvalue weighted by atomic mass is 10.3. The highest BCUT2D eigenvalue weighted by Crippen LogP contribution is 2.23. The minimum Gasteiger partial charge on any atom is -0.489 e. The molecule has 0 N–H and O–H groups in total. The molecule has 0 saturated heterocycles. The van der Waals surface area contributed by atoms with Crippen LogP contribution in [0.3, 0.4) is 0 Å². The highest BCUT2D eigenvalue weighted by molar-refractivity contribution is 6.16. The molecule has 1 aromatic heterocycles. The van der Waals surface area contributed by atoms with E-state index in [0.717, 1.165) is 11.4 Å². The van der Waals surface area contributed by atoms with Crippen molar-refractivity contribution in [2.24, 2.45) is 0 Å². The monoisotopic (exact) mass is 211 g/mol. The van der Waals surface area contributed by atoms with Crippen LogP contribution < -0.4 is 4.74 Å². The van der Waals surface area contributed by atoms with Crippen LogP contribution >= 0.6 is 11.6 Å². The van der Waals surface area contributed by atoms with Gasteiger partial charge in [0.25, 0.3) is 0 Å². The maximum absolute atomic E-state index is 5.77. The Kier molecular flexibility index (Phi) is 3.25. The summed E-state index contributed by atoms with van der Waals surface area (Å²) in [6.45, 7) is 0. The van der Waals surface area contributed by atoms with Crippen molar-refractivity contribution < 1.29 is 4.74 Å². The summed E-state index contributed by atoms with van der Waals surface area (Å²) in [5.41, 5.74) is 0.894. The lowest BCUT2D eigenvalue weighted by Crippen LogP contribution is -2.10. The summed E-state index contributed by atoms with van der Waals surface area (Å²) in [4.78, 5) is 4.18. The zero-order chi connectivity index (χ0) is 9.80. The molecule has 0 amide bonds. The molecule has 0 atom stereocenters. The molecule has 0 spiro atoms. The highest BCUT2D eigenvalue weighted by Gasteiger charge is 2.16. The first-order valence-corrected chi connectivity index (χ1v) is 5.59. The van der Waals surface area contributed by atoms with Crippen molar-refractivity contribution in [1.29, 1.82) is 0 Å². The fourth-order valence-electron chi connectivity index (χ4n) is 1.76. The second-order valence-electron chi connectivity index (χ2n) is 3.64. The molecule has 1 aliphatic rings. The fraction of sp³-hybridized carbons (Fsp3) is 0.545. The minimum absolute atomic E-state index is 0.402. The van der Waals surface area contributed by atoms with Gasteiger partial charge in [0.1, 0.15) is 5.75 Å². The van der Waals surface area contributed by atoms with Crippen LogP contribution in [0, 0.1) is 0 Å². The van der Waals surface area contributed by atoms with Crippen molar-refractivity contribution in [3.63, 3.8) is 0 Å². The number of hydrogen-bond donors (Lipinski definition) is 0. The SMILES string of the molecule is ClCc1ccc(OC2CCCC2)cn1. The average Bonchev–Trinajstić information content (AvgIpc) is 2.72. The maximum atomic E-state index is 5.77. The largest absolute Gasteiger partial charge is 0.489 e. The Morgan fingerprint density at radius 3 is 2.71 bits per heavy atom. The molecule has 1 fully saturated rings. The molecule has 1 aromatic rings. The zero-order valence-corrected chi connectivity index (χ0v) is 8.83. The van der Waals surface area contributed by atoms with E-state index >= 15 is 0 Å². The first-order chi connectivity index (χ1) is 6.88. The Bertz CT molecular complexity index is 280. The molecular formula is C11H14ClNO. The van der Waals surface area contributed by atoms with E-state index in [2.05, 4.69) is 4.98 Å². The topological polar surface area (TPSA) is 22.1 Å². The third-order valence-corrected chi connectivity index (χ3v) is 2.81. The molecule has 1 saturated carbocycles. The highest BCUT2D eigenvalue weighted by atomic mass is 35.5. The number of pyridine rings is 1. The van der Waals surface area contributed by atoms with Crippen LogP contribution in [0.2, 0.25) is 0 Å². The van der Waals surface area contributed by atoms with E-state index in [9.17, 15) is 0 Å². The number of rotatable bonds is 3. The number of hydrogen-bond acceptors (Lipinski definition) is 2. The van der Waals surface area contributed by atoms with E-state index in [1.54, 1.807) is 6.20 Å². The predicted octanol–water partition coefficient (Wildman–Crippen LogP) is 3.14. The van der Waals surface area contributed by atoms with Gasteiger partial charge in [0.2, 0.25) is 0 Å². The Morgan fingerprint density at radius 2 is 2.14 bits per heavy atom. The van der Waals surface area contributed by atoms with Crippen LogP contribution in [-0.4, -0.2) is 11.1 Å². The van der Waals surface area contributed by atoms with Crippen molar-refractivity contribution in [3.8, 4) is 5.75 Å². The lowest BCUT2D eigenvalue weighted by Gasteiger charge is -2.12. The molecule has 0 aliphatic heterocycles. The van der Waals surface area contributed by atoms with Gasteiger partial charge >= 0.3 is 0 Å². The van der Waals surface area contributed by atoms with Crippen molar-refractivity contribution in [2.75, 3.05) is 0 Å². The fourth-order valence-corrected chi connectivity index (χ4v) is 1.92. The van der Waals surface area contributed by atoms with Crippen molar-refractivity contribution in [3.05, 3.63) is 24.0 Å². The van der Waals surface area contributed by atoms with Crippen LogP contribution in [0.4, 0.5) is 0 Å². The second-order valence-corrected chi connectivity index (χ2v) is 3.91. The van der Waals surface area contributed by atoms with Gasteiger partial charge in [-0.25, -0.2) is 0 Å². The van der Waals surface area contributed by atoms with Crippen molar-refractivity contribution >= 4 is 11.6 Å². The van der Waals surface area contributed by atoms with Crippen LogP contribution in [0.25, 0.3) is 0 Å². The summed E-state index contributed by atoms with van der Waals surface area (Å²) < 4.78 is 5.77. The number of ether oxygens (including phenoxy) is 1. The standard InChI is InChI=1S/C11H14ClNO/c12-7-9-5-6-11(8-13-9)14-10-3-1-2-4-10/h5-6,8,10H,1-4,7H2. The van der Waals surface area contributed by atoms with Gasteiger partial charge in [0.15, 0.2) is 0 Å². The molecule has 2 nitrogen and oxygen atoms in total. The molecule has 1 aliphatic carbocycles. The number of nitrogens with zero attached hydrogens (tertiary/aromatic N) is 1. The van der Waals surface area contributed by atoms with E-state index in [-0.39, 0.29) is 0 Å². The summed E-state index contributed by atoms with van der Waals surface area (Å²) >= 11 is 5.65. The normalized spacial score (nSPS) is 17.2. The van der Waals surface area contributed by atoms with E-state index in [4.69, 9.17) is 16.3 Å². The van der Waals surface area contributed by atoms with Gasteiger partial charge in [0.05, 0.1) is 23.9 Å². The Labute approximate surface area is 89.3 Å². The third kappa shape index (κ3) is 2.38. The first-order valence-electron chi connectivity index (χ1n) is 5.06. The van der Waals surface area contributed by atoms with Gasteiger partial charge in [-0.3, -0.25) is 4.98 Å². The van der Waals surface area contributed by atoms with Gasteiger partial charge < -0.3 is 4.74 Å². The van der Waals surface area contributed by atoms with Gasteiger partial charge in [-0.1, -0.05) is 0 Å². The molecule has 2 rings (SSSR count). The first kappa shape index (κ1) is 9.78. The number of aromatic nitrogens is 1. The average molecular weight is 212 g/mol. The van der Waals surface area contributed by atoms with Crippen LogP contribution in [0.15, 0.2) is 18.3 Å². The predicted molar refractivity (Wildman–Crippen MR) is 56.7 cm³/mol. The molecule has 14 heavy (non-hydrogen) atoms. The summed E-state index contributed by atoms with van der Waals surface area (Å²) in [6, 6.07) is 3.86.